The van der Waals surface area contributed by atoms with Gasteiger partial charge in [0, 0.05) is 23.1 Å². The van der Waals surface area contributed by atoms with E-state index in [0.717, 1.165) is 11.8 Å². The van der Waals surface area contributed by atoms with Gasteiger partial charge in [-0.2, -0.15) is 13.2 Å². The number of alkyl halides is 3. The van der Waals surface area contributed by atoms with Crippen LogP contribution in [0.5, 0.6) is 0 Å². The lowest BCUT2D eigenvalue weighted by Gasteiger charge is -2.11. The molecule has 0 amide bonds. The molecule has 5 heteroatoms. The summed E-state index contributed by atoms with van der Waals surface area (Å²) < 4.78 is 38.1. The SMILES string of the molecule is Cc1ccc(-c2ccc(N)c(C(F)(F)F)c2)cn1. The lowest BCUT2D eigenvalue weighted by atomic mass is 10.0. The van der Waals surface area contributed by atoms with E-state index in [1.54, 1.807) is 24.4 Å². The third-order valence-corrected chi connectivity index (χ3v) is 2.60. The molecule has 2 nitrogen and oxygen atoms in total. The van der Waals surface area contributed by atoms with Crippen molar-refractivity contribution in [2.75, 3.05) is 5.73 Å². The molecule has 0 aliphatic rings. The Balaban J connectivity index is 2.50. The maximum atomic E-state index is 12.7. The minimum Gasteiger partial charge on any atom is -0.398 e. The standard InChI is InChI=1S/C13H11F3N2/c1-8-2-3-10(7-18-8)9-4-5-12(17)11(6-9)13(14,15)16/h2-7H,17H2,1H3. The third-order valence-electron chi connectivity index (χ3n) is 2.60. The number of halogens is 3. The summed E-state index contributed by atoms with van der Waals surface area (Å²) in [4.78, 5) is 4.06. The highest BCUT2D eigenvalue weighted by molar-refractivity contribution is 5.67. The number of rotatable bonds is 1. The molecule has 0 atom stereocenters. The highest BCUT2D eigenvalue weighted by Crippen LogP contribution is 2.36. The van der Waals surface area contributed by atoms with Crippen molar-refractivity contribution in [2.24, 2.45) is 0 Å². The molecule has 1 aromatic carbocycles. The molecular weight excluding hydrogens is 241 g/mol. The van der Waals surface area contributed by atoms with Gasteiger partial charge in [0.1, 0.15) is 0 Å². The van der Waals surface area contributed by atoms with Crippen LogP contribution in [0.4, 0.5) is 18.9 Å². The van der Waals surface area contributed by atoms with E-state index in [-0.39, 0.29) is 5.69 Å². The van der Waals surface area contributed by atoms with Crippen molar-refractivity contribution in [2.45, 2.75) is 13.1 Å². The summed E-state index contributed by atoms with van der Waals surface area (Å²) in [5.74, 6) is 0. The van der Waals surface area contributed by atoms with Crippen molar-refractivity contribution in [3.63, 3.8) is 0 Å². The Morgan fingerprint density at radius 2 is 1.72 bits per heavy atom. The van der Waals surface area contributed by atoms with Gasteiger partial charge in [-0.3, -0.25) is 4.98 Å². The predicted octanol–water partition coefficient (Wildman–Crippen LogP) is 3.66. The van der Waals surface area contributed by atoms with Gasteiger partial charge < -0.3 is 5.73 Å². The molecule has 0 aliphatic carbocycles. The van der Waals surface area contributed by atoms with Crippen LogP contribution in [0, 0.1) is 6.92 Å². The van der Waals surface area contributed by atoms with Crippen LogP contribution >= 0.6 is 0 Å². The Kier molecular flexibility index (Phi) is 2.98. The van der Waals surface area contributed by atoms with Crippen LogP contribution in [0.15, 0.2) is 36.5 Å². The summed E-state index contributed by atoms with van der Waals surface area (Å²) in [6.07, 6.45) is -2.90. The molecule has 18 heavy (non-hydrogen) atoms. The number of aryl methyl sites for hydroxylation is 1. The monoisotopic (exact) mass is 252 g/mol. The highest BCUT2D eigenvalue weighted by Gasteiger charge is 2.33. The number of hydrogen-bond donors (Lipinski definition) is 1. The maximum absolute atomic E-state index is 12.7. The molecule has 94 valence electrons. The zero-order valence-corrected chi connectivity index (χ0v) is 9.62. The zero-order chi connectivity index (χ0) is 13.3. The van der Waals surface area contributed by atoms with Gasteiger partial charge in [0.15, 0.2) is 0 Å². The number of benzene rings is 1. The lowest BCUT2D eigenvalue weighted by molar-refractivity contribution is -0.136. The van der Waals surface area contributed by atoms with Crippen LogP contribution in [-0.2, 0) is 6.18 Å². The van der Waals surface area contributed by atoms with Crippen molar-refractivity contribution in [1.29, 1.82) is 0 Å². The summed E-state index contributed by atoms with van der Waals surface area (Å²) in [7, 11) is 0. The average Bonchev–Trinajstić information content (AvgIpc) is 2.29. The first-order valence-corrected chi connectivity index (χ1v) is 5.27. The normalized spacial score (nSPS) is 11.6. The average molecular weight is 252 g/mol. The molecule has 0 unspecified atom stereocenters. The van der Waals surface area contributed by atoms with Gasteiger partial charge in [-0.15, -0.1) is 0 Å². The smallest absolute Gasteiger partial charge is 0.398 e. The van der Waals surface area contributed by atoms with E-state index in [4.69, 9.17) is 5.73 Å². The molecule has 0 spiro atoms. The summed E-state index contributed by atoms with van der Waals surface area (Å²) in [6, 6.07) is 7.34. The molecule has 0 radical (unpaired) electrons. The summed E-state index contributed by atoms with van der Waals surface area (Å²) in [6.45, 7) is 1.81. The number of nitrogens with zero attached hydrogens (tertiary/aromatic N) is 1. The summed E-state index contributed by atoms with van der Waals surface area (Å²) in [5, 5.41) is 0. The zero-order valence-electron chi connectivity index (χ0n) is 9.62. The van der Waals surface area contributed by atoms with E-state index in [0.29, 0.717) is 11.1 Å². The molecule has 2 rings (SSSR count). The van der Waals surface area contributed by atoms with Crippen molar-refractivity contribution in [3.05, 3.63) is 47.8 Å². The van der Waals surface area contributed by atoms with E-state index >= 15 is 0 Å². The first-order valence-electron chi connectivity index (χ1n) is 5.27. The van der Waals surface area contributed by atoms with Crippen LogP contribution in [0.1, 0.15) is 11.3 Å². The first kappa shape index (κ1) is 12.4. The molecule has 2 aromatic rings. The Bertz CT molecular complexity index is 559. The maximum Gasteiger partial charge on any atom is 0.418 e. The molecule has 0 saturated carbocycles. The molecule has 1 aromatic heterocycles. The fourth-order valence-electron chi connectivity index (χ4n) is 1.62. The number of nitrogen functional groups attached to an aromatic ring is 1. The second-order valence-electron chi connectivity index (χ2n) is 3.99. The minimum atomic E-state index is -4.45. The molecule has 0 saturated heterocycles. The number of pyridine rings is 1. The summed E-state index contributed by atoms with van der Waals surface area (Å²) in [5.41, 5.74) is 6.14. The molecule has 0 fully saturated rings. The van der Waals surface area contributed by atoms with Gasteiger partial charge in [0.2, 0.25) is 0 Å². The summed E-state index contributed by atoms with van der Waals surface area (Å²) >= 11 is 0. The van der Waals surface area contributed by atoms with Gasteiger partial charge in [-0.25, -0.2) is 0 Å². The molecule has 0 aliphatic heterocycles. The van der Waals surface area contributed by atoms with Gasteiger partial charge in [0.25, 0.3) is 0 Å². The van der Waals surface area contributed by atoms with Gasteiger partial charge in [-0.1, -0.05) is 12.1 Å². The second kappa shape index (κ2) is 4.33. The topological polar surface area (TPSA) is 38.9 Å². The van der Waals surface area contributed by atoms with E-state index in [1.807, 2.05) is 6.92 Å². The Morgan fingerprint density at radius 3 is 2.28 bits per heavy atom. The predicted molar refractivity (Wildman–Crippen MR) is 63.8 cm³/mol. The van der Waals surface area contributed by atoms with Gasteiger partial charge in [-0.05, 0) is 30.7 Å². The van der Waals surface area contributed by atoms with E-state index in [1.165, 1.54) is 6.07 Å². The first-order chi connectivity index (χ1) is 8.38. The van der Waals surface area contributed by atoms with Crippen LogP contribution in [0.25, 0.3) is 11.1 Å². The van der Waals surface area contributed by atoms with Crippen molar-refractivity contribution < 1.29 is 13.2 Å². The van der Waals surface area contributed by atoms with Crippen LogP contribution in [-0.4, -0.2) is 4.98 Å². The Labute approximate surface area is 102 Å². The fraction of sp³-hybridized carbons (Fsp3) is 0.154. The lowest BCUT2D eigenvalue weighted by Crippen LogP contribution is -2.08. The Hall–Kier alpha value is -2.04. The van der Waals surface area contributed by atoms with Crippen LogP contribution in [0.3, 0.4) is 0 Å². The largest absolute Gasteiger partial charge is 0.418 e. The van der Waals surface area contributed by atoms with E-state index < -0.39 is 11.7 Å². The number of aromatic nitrogens is 1. The van der Waals surface area contributed by atoms with Crippen LogP contribution in [0.2, 0.25) is 0 Å². The van der Waals surface area contributed by atoms with E-state index in [2.05, 4.69) is 4.98 Å². The van der Waals surface area contributed by atoms with Crippen molar-refractivity contribution in [3.8, 4) is 11.1 Å². The molecule has 2 N–H and O–H groups in total. The highest BCUT2D eigenvalue weighted by atomic mass is 19.4. The van der Waals surface area contributed by atoms with Gasteiger partial charge >= 0.3 is 6.18 Å². The van der Waals surface area contributed by atoms with E-state index in [9.17, 15) is 13.2 Å². The van der Waals surface area contributed by atoms with Crippen molar-refractivity contribution in [1.82, 2.24) is 4.98 Å². The Morgan fingerprint density at radius 1 is 1.06 bits per heavy atom. The quantitative estimate of drug-likeness (QED) is 0.786. The number of hydrogen-bond acceptors (Lipinski definition) is 2. The number of anilines is 1. The van der Waals surface area contributed by atoms with Crippen molar-refractivity contribution >= 4 is 5.69 Å². The number of nitrogens with two attached hydrogens (primary N) is 1. The van der Waals surface area contributed by atoms with Gasteiger partial charge in [0.05, 0.1) is 5.56 Å². The third kappa shape index (κ3) is 2.45. The molecule has 0 bridgehead atoms. The molecule has 1 heterocycles. The van der Waals surface area contributed by atoms with Crippen LogP contribution < -0.4 is 5.73 Å². The second-order valence-corrected chi connectivity index (χ2v) is 3.99. The molecular formula is C13H11F3N2. The fourth-order valence-corrected chi connectivity index (χ4v) is 1.62. The minimum absolute atomic E-state index is 0.272.